The highest BCUT2D eigenvalue weighted by molar-refractivity contribution is 7.09. The van der Waals surface area contributed by atoms with Crippen molar-refractivity contribution in [3.05, 3.63) is 66.7 Å². The lowest BCUT2D eigenvalue weighted by Gasteiger charge is -2.12. The van der Waals surface area contributed by atoms with Crippen LogP contribution in [0, 0.1) is 0 Å². The van der Waals surface area contributed by atoms with Gasteiger partial charge < -0.3 is 9.84 Å². The summed E-state index contributed by atoms with van der Waals surface area (Å²) in [4.78, 5) is 17.8. The number of alkyl halides is 3. The Kier molecular flexibility index (Phi) is 4.59. The summed E-state index contributed by atoms with van der Waals surface area (Å²) < 4.78 is 43.7. The highest BCUT2D eigenvalue weighted by Crippen LogP contribution is 2.43. The van der Waals surface area contributed by atoms with E-state index in [2.05, 4.69) is 9.97 Å². The second kappa shape index (κ2) is 6.82. The third kappa shape index (κ3) is 3.47. The van der Waals surface area contributed by atoms with Crippen LogP contribution in [-0.4, -0.2) is 15.1 Å². The SMILES string of the molecule is O=c1[nH]c(O)c([C@@H]2CCc3cc(Oc4ncc(C(F)(F)F)cc4Cl)ccc32)s1. The number of aromatic amines is 1. The summed E-state index contributed by atoms with van der Waals surface area (Å²) in [7, 11) is 0. The smallest absolute Gasteiger partial charge is 0.417 e. The summed E-state index contributed by atoms with van der Waals surface area (Å²) in [6.07, 6.45) is -2.44. The fourth-order valence-corrected chi connectivity index (χ4v) is 4.35. The van der Waals surface area contributed by atoms with Gasteiger partial charge in [0.1, 0.15) is 10.8 Å². The highest BCUT2D eigenvalue weighted by Gasteiger charge is 2.32. The molecule has 4 rings (SSSR count). The highest BCUT2D eigenvalue weighted by atomic mass is 35.5. The number of thiazole rings is 1. The fraction of sp³-hybridized carbons (Fsp3) is 0.222. The first kappa shape index (κ1) is 18.8. The summed E-state index contributed by atoms with van der Waals surface area (Å²) in [6, 6.07) is 5.99. The number of aryl methyl sites for hydroxylation is 1. The van der Waals surface area contributed by atoms with Gasteiger partial charge in [0, 0.05) is 12.1 Å². The van der Waals surface area contributed by atoms with Gasteiger partial charge in [-0.15, -0.1) is 0 Å². The van der Waals surface area contributed by atoms with E-state index in [0.717, 1.165) is 35.0 Å². The summed E-state index contributed by atoms with van der Waals surface area (Å²) in [5.41, 5.74) is 0.974. The number of nitrogens with zero attached hydrogens (tertiary/aromatic N) is 1. The Labute approximate surface area is 165 Å². The lowest BCUT2D eigenvalue weighted by Crippen LogP contribution is -2.05. The number of hydrogen-bond acceptors (Lipinski definition) is 5. The molecule has 10 heteroatoms. The minimum Gasteiger partial charge on any atom is -0.494 e. The van der Waals surface area contributed by atoms with Gasteiger partial charge in [-0.3, -0.25) is 9.78 Å². The molecule has 1 aliphatic carbocycles. The van der Waals surface area contributed by atoms with E-state index < -0.39 is 11.7 Å². The van der Waals surface area contributed by atoms with Crippen molar-refractivity contribution in [3.63, 3.8) is 0 Å². The molecule has 1 aliphatic rings. The topological polar surface area (TPSA) is 75.2 Å². The molecule has 0 spiro atoms. The van der Waals surface area contributed by atoms with Crippen LogP contribution >= 0.6 is 22.9 Å². The molecule has 1 aromatic carbocycles. The number of fused-ring (bicyclic) bond motifs is 1. The molecule has 0 aliphatic heterocycles. The van der Waals surface area contributed by atoms with E-state index in [-0.39, 0.29) is 27.6 Å². The molecule has 0 fully saturated rings. The number of benzene rings is 1. The minimum absolute atomic E-state index is 0.0965. The zero-order valence-corrected chi connectivity index (χ0v) is 15.6. The number of aromatic nitrogens is 2. The lowest BCUT2D eigenvalue weighted by molar-refractivity contribution is -0.137. The summed E-state index contributed by atoms with van der Waals surface area (Å²) in [5.74, 6) is 0.0559. The van der Waals surface area contributed by atoms with Crippen LogP contribution in [0.15, 0.2) is 35.3 Å². The van der Waals surface area contributed by atoms with Crippen molar-refractivity contribution in [1.29, 1.82) is 0 Å². The second-order valence-electron chi connectivity index (χ2n) is 6.29. The van der Waals surface area contributed by atoms with Crippen molar-refractivity contribution >= 4 is 22.9 Å². The average molecular weight is 429 g/mol. The first-order valence-corrected chi connectivity index (χ1v) is 9.37. The Morgan fingerprint density at radius 2 is 2.11 bits per heavy atom. The Hall–Kier alpha value is -2.52. The largest absolute Gasteiger partial charge is 0.494 e. The number of hydrogen-bond donors (Lipinski definition) is 2. The van der Waals surface area contributed by atoms with Crippen molar-refractivity contribution in [2.45, 2.75) is 24.9 Å². The number of halogens is 4. The number of H-pyrrole nitrogens is 1. The Morgan fingerprint density at radius 1 is 1.32 bits per heavy atom. The Balaban J connectivity index is 1.59. The predicted molar refractivity (Wildman–Crippen MR) is 97.5 cm³/mol. The lowest BCUT2D eigenvalue weighted by atomic mass is 10.00. The van der Waals surface area contributed by atoms with E-state index in [1.54, 1.807) is 12.1 Å². The standard InChI is InChI=1S/C18H12ClF3N2O3S/c19-13-6-9(18(20,21)22)7-23-16(13)27-10-2-4-11-8(5-10)1-3-12(11)14-15(25)24-17(26)28-14/h2,4-7,12,25H,1,3H2,(H,24,26)/t12-/m1/s1. The van der Waals surface area contributed by atoms with Gasteiger partial charge >= 0.3 is 11.0 Å². The average Bonchev–Trinajstić information content (AvgIpc) is 3.17. The second-order valence-corrected chi connectivity index (χ2v) is 7.71. The minimum atomic E-state index is -4.54. The van der Waals surface area contributed by atoms with E-state index in [1.165, 1.54) is 0 Å². The Morgan fingerprint density at radius 3 is 2.75 bits per heavy atom. The zero-order chi connectivity index (χ0) is 20.1. The third-order valence-corrected chi connectivity index (χ3v) is 5.77. The van der Waals surface area contributed by atoms with Gasteiger partial charge in [-0.05, 0) is 42.2 Å². The van der Waals surface area contributed by atoms with E-state index in [9.17, 15) is 23.1 Å². The number of aromatic hydroxyl groups is 1. The molecule has 2 N–H and O–H groups in total. The molecular weight excluding hydrogens is 417 g/mol. The van der Waals surface area contributed by atoms with E-state index in [4.69, 9.17) is 16.3 Å². The van der Waals surface area contributed by atoms with Gasteiger partial charge in [0.05, 0.1) is 10.4 Å². The fourth-order valence-electron chi connectivity index (χ4n) is 3.27. The summed E-state index contributed by atoms with van der Waals surface area (Å²) in [5, 5.41) is 9.66. The van der Waals surface area contributed by atoms with E-state index in [1.807, 2.05) is 6.07 Å². The number of ether oxygens (including phenoxy) is 1. The van der Waals surface area contributed by atoms with Gasteiger partial charge in [-0.1, -0.05) is 29.0 Å². The van der Waals surface area contributed by atoms with Crippen LogP contribution in [0.2, 0.25) is 5.02 Å². The van der Waals surface area contributed by atoms with Gasteiger partial charge in [-0.2, -0.15) is 13.2 Å². The van der Waals surface area contributed by atoms with E-state index in [0.29, 0.717) is 23.2 Å². The maximum absolute atomic E-state index is 12.7. The maximum atomic E-state index is 12.7. The van der Waals surface area contributed by atoms with Crippen molar-refractivity contribution in [1.82, 2.24) is 9.97 Å². The van der Waals surface area contributed by atoms with Gasteiger partial charge in [0.25, 0.3) is 0 Å². The molecule has 0 amide bonds. The van der Waals surface area contributed by atoms with Crippen molar-refractivity contribution in [2.75, 3.05) is 0 Å². The zero-order valence-electron chi connectivity index (χ0n) is 14.0. The molecule has 0 radical (unpaired) electrons. The number of rotatable bonds is 3. The molecule has 0 saturated carbocycles. The van der Waals surface area contributed by atoms with Crippen molar-refractivity contribution in [3.8, 4) is 17.5 Å². The molecule has 3 aromatic rings. The number of pyridine rings is 1. The molecule has 0 saturated heterocycles. The maximum Gasteiger partial charge on any atom is 0.417 e. The normalized spacial score (nSPS) is 16.2. The molecule has 5 nitrogen and oxygen atoms in total. The summed E-state index contributed by atoms with van der Waals surface area (Å²) >= 11 is 6.85. The van der Waals surface area contributed by atoms with Crippen LogP contribution in [0.3, 0.4) is 0 Å². The molecular formula is C18H12ClF3N2O3S. The predicted octanol–water partition coefficient (Wildman–Crippen LogP) is 5.08. The molecule has 2 heterocycles. The first-order valence-electron chi connectivity index (χ1n) is 8.18. The van der Waals surface area contributed by atoms with E-state index >= 15 is 0 Å². The van der Waals surface area contributed by atoms with Crippen LogP contribution in [-0.2, 0) is 12.6 Å². The van der Waals surface area contributed by atoms with Crippen LogP contribution in [0.25, 0.3) is 0 Å². The monoisotopic (exact) mass is 428 g/mol. The van der Waals surface area contributed by atoms with Crippen LogP contribution < -0.4 is 9.61 Å². The van der Waals surface area contributed by atoms with Crippen molar-refractivity contribution in [2.24, 2.45) is 0 Å². The van der Waals surface area contributed by atoms with Gasteiger partial charge in [0.15, 0.2) is 0 Å². The molecule has 0 bridgehead atoms. The van der Waals surface area contributed by atoms with Crippen LogP contribution in [0.4, 0.5) is 13.2 Å². The quantitative estimate of drug-likeness (QED) is 0.610. The third-order valence-electron chi connectivity index (χ3n) is 4.51. The molecule has 28 heavy (non-hydrogen) atoms. The Bertz CT molecular complexity index is 1110. The van der Waals surface area contributed by atoms with Crippen molar-refractivity contribution < 1.29 is 23.0 Å². The van der Waals surface area contributed by atoms with Crippen LogP contribution in [0.1, 0.15) is 33.9 Å². The molecule has 146 valence electrons. The molecule has 1 atom stereocenters. The summed E-state index contributed by atoms with van der Waals surface area (Å²) in [6.45, 7) is 0. The first-order chi connectivity index (χ1) is 13.2. The molecule has 2 aromatic heterocycles. The number of nitrogens with one attached hydrogen (secondary N) is 1. The molecule has 0 unspecified atom stereocenters. The van der Waals surface area contributed by atoms with Crippen LogP contribution in [0.5, 0.6) is 17.5 Å². The van der Waals surface area contributed by atoms with Gasteiger partial charge in [0.2, 0.25) is 11.8 Å². The van der Waals surface area contributed by atoms with Gasteiger partial charge in [-0.25, -0.2) is 4.98 Å².